The summed E-state index contributed by atoms with van der Waals surface area (Å²) in [5, 5.41) is 10.7. The third kappa shape index (κ3) is 6.22. The van der Waals surface area contributed by atoms with E-state index in [0.29, 0.717) is 0 Å². The van der Waals surface area contributed by atoms with E-state index >= 15 is 0 Å². The zero-order valence-electron chi connectivity index (χ0n) is 15.1. The van der Waals surface area contributed by atoms with Crippen LogP contribution in [0, 0.1) is 5.92 Å². The molecule has 1 unspecified atom stereocenters. The Morgan fingerprint density at radius 2 is 1.03 bits per heavy atom. The third-order valence-electron chi connectivity index (χ3n) is 4.20. The Morgan fingerprint density at radius 3 is 1.39 bits per heavy atom. The van der Waals surface area contributed by atoms with Crippen LogP contribution in [0.25, 0.3) is 0 Å². The van der Waals surface area contributed by atoms with Gasteiger partial charge in [-0.3, -0.25) is 0 Å². The molecule has 0 aromatic heterocycles. The Balaban J connectivity index is 3.92. The van der Waals surface area contributed by atoms with Crippen LogP contribution in [0.3, 0.4) is 0 Å². The van der Waals surface area contributed by atoms with E-state index in [4.69, 9.17) is 162 Å². The summed E-state index contributed by atoms with van der Waals surface area (Å²) in [6.07, 6.45) is -1.11. The van der Waals surface area contributed by atoms with Gasteiger partial charge in [-0.15, -0.1) is 0 Å². The molecule has 0 amide bonds. The van der Waals surface area contributed by atoms with E-state index < -0.39 is 31.0 Å². The van der Waals surface area contributed by atoms with Crippen molar-refractivity contribution in [1.29, 1.82) is 0 Å². The van der Waals surface area contributed by atoms with E-state index in [-0.39, 0.29) is 22.6 Å². The first-order chi connectivity index (χ1) is 13.4. The quantitative estimate of drug-likeness (QED) is 0.291. The molecule has 15 heteroatoms. The summed E-state index contributed by atoms with van der Waals surface area (Å²) in [7, 11) is 0. The minimum atomic E-state index is -2.44. The Morgan fingerprint density at radius 1 is 0.645 bits per heavy atom. The summed E-state index contributed by atoms with van der Waals surface area (Å²) >= 11 is 86.1. The lowest BCUT2D eigenvalue weighted by Crippen LogP contribution is -2.47. The summed E-state index contributed by atoms with van der Waals surface area (Å²) in [5.74, 6) is -0.306. The van der Waals surface area contributed by atoms with Gasteiger partial charge in [0.25, 0.3) is 0 Å². The summed E-state index contributed by atoms with van der Waals surface area (Å²) < 4.78 is -14.1. The van der Waals surface area contributed by atoms with Crippen molar-refractivity contribution in [2.24, 2.45) is 5.92 Å². The molecule has 0 radical (unpaired) electrons. The molecule has 0 aliphatic carbocycles. The topological polar surface area (TPSA) is 20.2 Å². The lowest BCUT2D eigenvalue weighted by atomic mass is 9.89. The van der Waals surface area contributed by atoms with Gasteiger partial charge in [-0.25, -0.2) is 0 Å². The summed E-state index contributed by atoms with van der Waals surface area (Å²) in [6, 6.07) is 3.97. The number of hydrogen-bond acceptors (Lipinski definition) is 1. The molecule has 1 rings (SSSR count). The van der Waals surface area contributed by atoms with Crippen LogP contribution in [0.5, 0.6) is 0 Å². The molecule has 0 aliphatic rings. The van der Waals surface area contributed by atoms with Crippen molar-refractivity contribution in [3.05, 3.63) is 34.9 Å². The first-order valence-electron chi connectivity index (χ1n) is 7.92. The highest BCUT2D eigenvalue weighted by molar-refractivity contribution is 6.79. The van der Waals surface area contributed by atoms with Gasteiger partial charge in [0.05, 0.1) is 6.10 Å². The first kappa shape index (κ1) is 32.3. The van der Waals surface area contributed by atoms with E-state index in [1.54, 1.807) is 13.8 Å². The first-order valence-corrected chi connectivity index (χ1v) is 13.2. The molecule has 31 heavy (non-hydrogen) atoms. The molecule has 1 aromatic rings. The van der Waals surface area contributed by atoms with Crippen LogP contribution in [0.4, 0.5) is 0 Å². The van der Waals surface area contributed by atoms with Crippen LogP contribution in [-0.4, -0.2) is 21.4 Å². The molecular formula is C16H12Cl14O. The van der Waals surface area contributed by atoms with Crippen molar-refractivity contribution in [2.75, 3.05) is 0 Å². The number of rotatable bonds is 6. The molecular weight excluding hydrogens is 705 g/mol. The lowest BCUT2D eigenvalue weighted by Gasteiger charge is -2.41. The van der Waals surface area contributed by atoms with Crippen LogP contribution in [0.1, 0.15) is 36.6 Å². The molecule has 0 heterocycles. The van der Waals surface area contributed by atoms with E-state index in [0.717, 1.165) is 0 Å². The number of aliphatic hydroxyl groups excluding tert-OH is 1. The minimum Gasteiger partial charge on any atom is -0.388 e. The normalized spacial score (nSPS) is 16.1. The Kier molecular flexibility index (Phi) is 11.0. The largest absolute Gasteiger partial charge is 0.388 e. The highest BCUT2D eigenvalue weighted by Crippen LogP contribution is 2.64. The van der Waals surface area contributed by atoms with Gasteiger partial charge in [0.2, 0.25) is 16.3 Å². The number of halogens is 14. The van der Waals surface area contributed by atoms with Crippen molar-refractivity contribution in [3.8, 4) is 0 Å². The Labute approximate surface area is 250 Å². The molecule has 0 aliphatic heterocycles. The van der Waals surface area contributed by atoms with Gasteiger partial charge in [-0.05, 0) is 28.7 Å². The predicted octanol–water partition coefficient (Wildman–Crippen LogP) is 10.7. The molecule has 1 atom stereocenters. The van der Waals surface area contributed by atoms with Crippen LogP contribution in [0.2, 0.25) is 0 Å². The van der Waals surface area contributed by atoms with Crippen LogP contribution < -0.4 is 0 Å². The predicted molar refractivity (Wildman–Crippen MR) is 142 cm³/mol. The van der Waals surface area contributed by atoms with Gasteiger partial charge in [-0.1, -0.05) is 188 Å². The summed E-state index contributed by atoms with van der Waals surface area (Å²) in [4.78, 5) is 0. The number of alkyl halides is 14. The van der Waals surface area contributed by atoms with Crippen molar-refractivity contribution in [2.45, 2.75) is 44.9 Å². The van der Waals surface area contributed by atoms with E-state index in [1.807, 2.05) is 0 Å². The monoisotopic (exact) mass is 710 g/mol. The van der Waals surface area contributed by atoms with Gasteiger partial charge in [0.15, 0.2) is 8.67 Å². The van der Waals surface area contributed by atoms with Crippen molar-refractivity contribution in [3.63, 3.8) is 0 Å². The van der Waals surface area contributed by atoms with Crippen LogP contribution >= 0.6 is 162 Å². The maximum absolute atomic E-state index is 10.7. The Hall–Kier alpha value is 3.24. The number of benzene rings is 1. The molecule has 0 saturated carbocycles. The van der Waals surface area contributed by atoms with Gasteiger partial charge in [-0.2, -0.15) is 0 Å². The maximum Gasteiger partial charge on any atom is 0.226 e. The average Bonchev–Trinajstić information content (AvgIpc) is 2.58. The molecule has 180 valence electrons. The summed E-state index contributed by atoms with van der Waals surface area (Å²) in [5.41, 5.74) is 0.0300. The third-order valence-corrected chi connectivity index (χ3v) is 12.1. The zero-order chi connectivity index (χ0) is 25.0. The molecule has 1 nitrogen and oxygen atoms in total. The molecule has 0 saturated heterocycles. The number of aliphatic hydroxyl groups is 1. The van der Waals surface area contributed by atoms with Crippen molar-refractivity contribution >= 4 is 162 Å². The average molecular weight is 717 g/mol. The standard InChI is InChI=1S/C16H12Cl14O/c1-6(2)10(31)8-4-3-7(11(17,18)13(21,22)15(25,26)27)5-9(8)12(19,20)14(23,24)16(28,29)30/h3-6,10,31H,1-2H3. The fourth-order valence-corrected chi connectivity index (χ4v) is 5.33. The number of hydrogen-bond donors (Lipinski definition) is 1. The van der Waals surface area contributed by atoms with Crippen LogP contribution in [-0.2, 0) is 8.67 Å². The van der Waals surface area contributed by atoms with Gasteiger partial charge in [0.1, 0.15) is 0 Å². The van der Waals surface area contributed by atoms with Crippen LogP contribution in [0.15, 0.2) is 18.2 Å². The van der Waals surface area contributed by atoms with Crippen molar-refractivity contribution in [1.82, 2.24) is 0 Å². The Bertz CT molecular complexity index is 790. The van der Waals surface area contributed by atoms with Gasteiger partial charge >= 0.3 is 0 Å². The molecule has 1 aromatic carbocycles. The second-order valence-corrected chi connectivity index (χ2v) is 16.7. The van der Waals surface area contributed by atoms with Gasteiger partial charge in [0, 0.05) is 0 Å². The van der Waals surface area contributed by atoms with E-state index in [9.17, 15) is 5.11 Å². The fourth-order valence-electron chi connectivity index (χ4n) is 2.35. The molecule has 0 spiro atoms. The highest BCUT2D eigenvalue weighted by Gasteiger charge is 2.63. The zero-order valence-corrected chi connectivity index (χ0v) is 25.7. The molecule has 0 bridgehead atoms. The van der Waals surface area contributed by atoms with Crippen molar-refractivity contribution < 1.29 is 5.11 Å². The second kappa shape index (κ2) is 10.5. The second-order valence-electron chi connectivity index (χ2n) is 6.78. The van der Waals surface area contributed by atoms with E-state index in [2.05, 4.69) is 0 Å². The fraction of sp³-hybridized carbons (Fsp3) is 0.625. The van der Waals surface area contributed by atoms with Gasteiger partial charge < -0.3 is 5.11 Å². The highest BCUT2D eigenvalue weighted by atomic mass is 35.6. The van der Waals surface area contributed by atoms with E-state index in [1.165, 1.54) is 18.2 Å². The molecule has 1 N–H and O–H groups in total. The lowest BCUT2D eigenvalue weighted by molar-refractivity contribution is 0.125. The molecule has 0 fully saturated rings. The maximum atomic E-state index is 10.7. The SMILES string of the molecule is CC(C)C(O)c1ccc(C(Cl)(Cl)C(Cl)(Cl)C(Cl)(Cl)Cl)cc1C(Cl)(Cl)C(Cl)(Cl)C(Cl)(Cl)Cl. The smallest absolute Gasteiger partial charge is 0.226 e. The minimum absolute atomic E-state index is 0.0407. The summed E-state index contributed by atoms with van der Waals surface area (Å²) in [6.45, 7) is 3.46.